The summed E-state index contributed by atoms with van der Waals surface area (Å²) in [5, 5.41) is 15.2. The summed E-state index contributed by atoms with van der Waals surface area (Å²) < 4.78 is 0. The van der Waals surface area contributed by atoms with Crippen LogP contribution in [0.2, 0.25) is 0 Å². The molecule has 7 nitrogen and oxygen atoms in total. The second kappa shape index (κ2) is 5.38. The van der Waals surface area contributed by atoms with Crippen molar-refractivity contribution >= 4 is 39.1 Å². The fraction of sp³-hybridized carbons (Fsp3) is 0.118. The minimum Gasteiger partial charge on any atom is -0.324 e. The fourth-order valence-corrected chi connectivity index (χ4v) is 2.82. The summed E-state index contributed by atoms with van der Waals surface area (Å²) in [7, 11) is 0. The van der Waals surface area contributed by atoms with Crippen molar-refractivity contribution in [2.75, 3.05) is 5.32 Å². The maximum absolute atomic E-state index is 10.9. The molecule has 0 fully saturated rings. The average Bonchev–Trinajstić information content (AvgIpc) is 3.05. The Labute approximate surface area is 137 Å². The highest BCUT2D eigenvalue weighted by molar-refractivity contribution is 5.87. The first-order valence-electron chi connectivity index (χ1n) is 7.46. The number of nitrogens with one attached hydrogen (secondary N) is 2. The molecule has 2 N–H and O–H groups in total. The molecule has 118 valence electrons. The first kappa shape index (κ1) is 14.3. The average molecular weight is 318 g/mol. The van der Waals surface area contributed by atoms with Gasteiger partial charge in [-0.1, -0.05) is 0 Å². The second-order valence-corrected chi connectivity index (χ2v) is 5.68. The molecule has 2 aromatic heterocycles. The van der Waals surface area contributed by atoms with Gasteiger partial charge in [-0.25, -0.2) is 9.97 Å². The molecule has 0 aliphatic heterocycles. The topological polar surface area (TPSA) is 95.9 Å². The molecule has 0 spiro atoms. The highest BCUT2D eigenvalue weighted by Gasteiger charge is 2.09. The van der Waals surface area contributed by atoms with Crippen molar-refractivity contribution in [3.8, 4) is 0 Å². The molecular formula is C17H14N6O. The van der Waals surface area contributed by atoms with E-state index in [1.54, 1.807) is 24.5 Å². The van der Waals surface area contributed by atoms with Crippen molar-refractivity contribution in [3.63, 3.8) is 0 Å². The molecule has 0 aliphatic carbocycles. The van der Waals surface area contributed by atoms with Crippen molar-refractivity contribution in [2.24, 2.45) is 5.18 Å². The van der Waals surface area contributed by atoms with E-state index >= 15 is 0 Å². The molecule has 4 aromatic rings. The van der Waals surface area contributed by atoms with Crippen LogP contribution < -0.4 is 5.32 Å². The Kier molecular flexibility index (Phi) is 3.19. The van der Waals surface area contributed by atoms with E-state index in [1.165, 1.54) is 0 Å². The predicted octanol–water partition coefficient (Wildman–Crippen LogP) is 4.26. The quantitative estimate of drug-likeness (QED) is 0.550. The molecule has 0 radical (unpaired) electrons. The zero-order valence-electron chi connectivity index (χ0n) is 13.2. The van der Waals surface area contributed by atoms with Crippen LogP contribution in [-0.4, -0.2) is 20.2 Å². The van der Waals surface area contributed by atoms with Crippen molar-refractivity contribution in [2.45, 2.75) is 13.8 Å². The molecule has 0 atom stereocenters. The summed E-state index contributed by atoms with van der Waals surface area (Å²) in [4.78, 5) is 19.7. The largest absolute Gasteiger partial charge is 0.324 e. The van der Waals surface area contributed by atoms with Crippen molar-refractivity contribution in [3.05, 3.63) is 52.7 Å². The third-order valence-corrected chi connectivity index (χ3v) is 4.10. The fourth-order valence-electron chi connectivity index (χ4n) is 2.82. The van der Waals surface area contributed by atoms with Crippen LogP contribution in [0.15, 0.2) is 41.8 Å². The number of fused-ring (bicyclic) bond motifs is 2. The molecular weight excluding hydrogens is 304 g/mol. The number of nitrogens with zero attached hydrogens (tertiary/aromatic N) is 4. The molecule has 0 amide bonds. The lowest BCUT2D eigenvalue weighted by Gasteiger charge is -2.09. The Balaban J connectivity index is 1.78. The Morgan fingerprint density at radius 2 is 2.04 bits per heavy atom. The SMILES string of the molecule is Cc1cc(Nc2ncc3ccc(N=O)c(C)c3n2)cc2[nH]ncc12. The standard InChI is InChI=1S/C17H14N6O/c1-9-5-12(6-15-13(9)8-19-22-15)20-17-18-7-11-3-4-14(23-24)10(2)16(11)21-17/h3-8H,1-2H3,(H,19,22)(H,18,20,21). The number of hydrogen-bond acceptors (Lipinski definition) is 6. The smallest absolute Gasteiger partial charge is 0.227 e. The number of rotatable bonds is 3. The van der Waals surface area contributed by atoms with Crippen LogP contribution in [0, 0.1) is 18.8 Å². The molecule has 2 aromatic carbocycles. The molecule has 0 unspecified atom stereocenters. The zero-order valence-corrected chi connectivity index (χ0v) is 13.2. The molecule has 4 rings (SSSR count). The van der Waals surface area contributed by atoms with E-state index in [0.717, 1.165) is 33.1 Å². The molecule has 0 aliphatic rings. The van der Waals surface area contributed by atoms with Crippen LogP contribution in [0.4, 0.5) is 17.3 Å². The van der Waals surface area contributed by atoms with Gasteiger partial charge in [0.15, 0.2) is 0 Å². The highest BCUT2D eigenvalue weighted by Crippen LogP contribution is 2.28. The first-order valence-corrected chi connectivity index (χ1v) is 7.46. The lowest BCUT2D eigenvalue weighted by atomic mass is 10.1. The number of hydrogen-bond donors (Lipinski definition) is 2. The second-order valence-electron chi connectivity index (χ2n) is 5.68. The van der Waals surface area contributed by atoms with Gasteiger partial charge in [0.2, 0.25) is 5.95 Å². The van der Waals surface area contributed by atoms with Gasteiger partial charge in [0.05, 0.1) is 17.2 Å². The molecule has 2 heterocycles. The summed E-state index contributed by atoms with van der Waals surface area (Å²) in [5.41, 5.74) is 4.76. The summed E-state index contributed by atoms with van der Waals surface area (Å²) in [5.74, 6) is 0.465. The maximum Gasteiger partial charge on any atom is 0.227 e. The first-order chi connectivity index (χ1) is 11.7. The van der Waals surface area contributed by atoms with Gasteiger partial charge >= 0.3 is 0 Å². The van der Waals surface area contributed by atoms with Gasteiger partial charge in [-0.2, -0.15) is 5.10 Å². The number of aryl methyl sites for hydroxylation is 2. The monoisotopic (exact) mass is 318 g/mol. The van der Waals surface area contributed by atoms with Gasteiger partial charge in [-0.05, 0) is 48.9 Å². The van der Waals surface area contributed by atoms with Crippen molar-refractivity contribution in [1.29, 1.82) is 0 Å². The lowest BCUT2D eigenvalue weighted by Crippen LogP contribution is -1.98. The van der Waals surface area contributed by atoms with E-state index in [2.05, 4.69) is 30.7 Å². The van der Waals surface area contributed by atoms with E-state index in [0.29, 0.717) is 17.2 Å². The number of benzene rings is 2. The van der Waals surface area contributed by atoms with Crippen LogP contribution in [0.5, 0.6) is 0 Å². The third kappa shape index (κ3) is 2.26. The lowest BCUT2D eigenvalue weighted by molar-refractivity contribution is 1.12. The third-order valence-electron chi connectivity index (χ3n) is 4.10. The van der Waals surface area contributed by atoms with Gasteiger partial charge < -0.3 is 5.32 Å². The van der Waals surface area contributed by atoms with Gasteiger partial charge in [-0.15, -0.1) is 4.91 Å². The minimum atomic E-state index is 0.391. The Morgan fingerprint density at radius 1 is 1.17 bits per heavy atom. The minimum absolute atomic E-state index is 0.391. The summed E-state index contributed by atoms with van der Waals surface area (Å²) in [6.07, 6.45) is 3.53. The van der Waals surface area contributed by atoms with Crippen LogP contribution in [0.25, 0.3) is 21.8 Å². The van der Waals surface area contributed by atoms with Crippen molar-refractivity contribution in [1.82, 2.24) is 20.2 Å². The molecule has 7 heteroatoms. The molecule has 0 bridgehead atoms. The molecule has 0 saturated heterocycles. The van der Waals surface area contributed by atoms with Gasteiger partial charge in [0, 0.05) is 28.2 Å². The number of anilines is 2. The van der Waals surface area contributed by atoms with Crippen LogP contribution in [-0.2, 0) is 0 Å². The Bertz CT molecular complexity index is 1090. The van der Waals surface area contributed by atoms with E-state index in [9.17, 15) is 4.91 Å². The number of aromatic nitrogens is 4. The van der Waals surface area contributed by atoms with E-state index in [1.807, 2.05) is 26.0 Å². The van der Waals surface area contributed by atoms with Crippen molar-refractivity contribution < 1.29 is 0 Å². The zero-order chi connectivity index (χ0) is 16.7. The summed E-state index contributed by atoms with van der Waals surface area (Å²) in [6.45, 7) is 3.85. The van der Waals surface area contributed by atoms with Gasteiger partial charge in [-0.3, -0.25) is 5.10 Å². The van der Waals surface area contributed by atoms with Gasteiger partial charge in [0.25, 0.3) is 0 Å². The van der Waals surface area contributed by atoms with Crippen LogP contribution in [0.3, 0.4) is 0 Å². The normalized spacial score (nSPS) is 11.1. The maximum atomic E-state index is 10.9. The van der Waals surface area contributed by atoms with Crippen LogP contribution >= 0.6 is 0 Å². The number of aromatic amines is 1. The number of H-pyrrole nitrogens is 1. The number of nitroso groups, excluding NO2 is 1. The molecule has 24 heavy (non-hydrogen) atoms. The highest BCUT2D eigenvalue weighted by atomic mass is 16.3. The van der Waals surface area contributed by atoms with E-state index < -0.39 is 0 Å². The Hall–Kier alpha value is -3.35. The summed E-state index contributed by atoms with van der Waals surface area (Å²) >= 11 is 0. The molecule has 0 saturated carbocycles. The van der Waals surface area contributed by atoms with E-state index in [-0.39, 0.29) is 0 Å². The van der Waals surface area contributed by atoms with Gasteiger partial charge in [0.1, 0.15) is 5.69 Å². The summed E-state index contributed by atoms with van der Waals surface area (Å²) in [6, 6.07) is 7.45. The van der Waals surface area contributed by atoms with E-state index in [4.69, 9.17) is 0 Å². The predicted molar refractivity (Wildman–Crippen MR) is 93.8 cm³/mol. The van der Waals surface area contributed by atoms with Crippen LogP contribution in [0.1, 0.15) is 11.1 Å². The Morgan fingerprint density at radius 3 is 2.88 bits per heavy atom.